The first kappa shape index (κ1) is 17.9. The van der Waals surface area contributed by atoms with E-state index in [0.29, 0.717) is 18.9 Å². The zero-order chi connectivity index (χ0) is 18.0. The highest BCUT2D eigenvalue weighted by Crippen LogP contribution is 2.32. The Balaban J connectivity index is 1.76. The molecule has 7 nitrogen and oxygen atoms in total. The Morgan fingerprint density at radius 3 is 2.68 bits per heavy atom. The van der Waals surface area contributed by atoms with Crippen molar-refractivity contribution in [2.24, 2.45) is 11.8 Å². The number of nitrogens with two attached hydrogens (primary N) is 1. The number of piperidine rings is 1. The van der Waals surface area contributed by atoms with E-state index in [1.165, 1.54) is 35.2 Å². The van der Waals surface area contributed by atoms with Gasteiger partial charge in [-0.1, -0.05) is 19.8 Å². The number of rotatable bonds is 5. The van der Waals surface area contributed by atoms with Gasteiger partial charge < -0.3 is 10.6 Å². The molecule has 1 saturated heterocycles. The Morgan fingerprint density at radius 2 is 1.96 bits per heavy atom. The first-order valence-electron chi connectivity index (χ1n) is 9.50. The normalized spacial score (nSPS) is 26.2. The lowest BCUT2D eigenvalue weighted by molar-refractivity contribution is -0.902. The fourth-order valence-electron chi connectivity index (χ4n) is 4.57. The number of hydrogen-bond donors (Lipinski definition) is 3. The molecule has 1 aromatic heterocycles. The fourth-order valence-corrected chi connectivity index (χ4v) is 4.57. The van der Waals surface area contributed by atoms with Gasteiger partial charge in [0.1, 0.15) is 17.9 Å². The third-order valence-corrected chi connectivity index (χ3v) is 5.86. The summed E-state index contributed by atoms with van der Waals surface area (Å²) in [6, 6.07) is 0. The summed E-state index contributed by atoms with van der Waals surface area (Å²) in [4.78, 5) is 40.3. The van der Waals surface area contributed by atoms with Crippen LogP contribution < -0.4 is 21.9 Å². The molecule has 0 bridgehead atoms. The summed E-state index contributed by atoms with van der Waals surface area (Å²) >= 11 is 0. The van der Waals surface area contributed by atoms with Crippen molar-refractivity contribution in [1.82, 2.24) is 9.55 Å². The number of hydrogen-bond acceptors (Lipinski definition) is 4. The predicted molar refractivity (Wildman–Crippen MR) is 96.0 cm³/mol. The second-order valence-corrected chi connectivity index (χ2v) is 7.57. The predicted octanol–water partition coefficient (Wildman–Crippen LogP) is -0.193. The minimum absolute atomic E-state index is 0.00699. The van der Waals surface area contributed by atoms with Gasteiger partial charge in [-0.25, -0.2) is 4.79 Å². The molecule has 7 heteroatoms. The zero-order valence-corrected chi connectivity index (χ0v) is 15.0. The zero-order valence-electron chi connectivity index (χ0n) is 15.0. The van der Waals surface area contributed by atoms with Gasteiger partial charge in [-0.05, 0) is 31.6 Å². The third-order valence-electron chi connectivity index (χ3n) is 5.86. The minimum Gasteiger partial charge on any atom is -0.384 e. The summed E-state index contributed by atoms with van der Waals surface area (Å²) in [7, 11) is 0. The number of nitrogens with one attached hydrogen (secondary N) is 2. The Hall–Kier alpha value is -1.89. The minimum atomic E-state index is -0.660. The molecule has 25 heavy (non-hydrogen) atoms. The Morgan fingerprint density at radius 1 is 1.24 bits per heavy atom. The number of ketones is 1. The molecule has 0 spiro atoms. The van der Waals surface area contributed by atoms with Gasteiger partial charge in [0.25, 0.3) is 5.56 Å². The average molecular weight is 349 g/mol. The molecule has 1 unspecified atom stereocenters. The molecular weight excluding hydrogens is 320 g/mol. The molecule has 0 radical (unpaired) electrons. The van der Waals surface area contributed by atoms with Crippen LogP contribution in [0.25, 0.3) is 0 Å². The Kier molecular flexibility index (Phi) is 5.42. The molecule has 2 aliphatic rings. The van der Waals surface area contributed by atoms with Crippen molar-refractivity contribution in [2.45, 2.75) is 52.0 Å². The highest BCUT2D eigenvalue weighted by atomic mass is 16.2. The summed E-state index contributed by atoms with van der Waals surface area (Å²) in [6.07, 6.45) is 7.06. The molecule has 2 heterocycles. The van der Waals surface area contributed by atoms with E-state index in [9.17, 15) is 14.4 Å². The van der Waals surface area contributed by atoms with Crippen molar-refractivity contribution in [3.05, 3.63) is 26.4 Å². The summed E-state index contributed by atoms with van der Waals surface area (Å²) < 4.78 is 1.29. The molecule has 1 saturated carbocycles. The molecule has 4 N–H and O–H groups in total. The monoisotopic (exact) mass is 349 g/mol. The van der Waals surface area contributed by atoms with Gasteiger partial charge in [0.15, 0.2) is 0 Å². The molecule has 0 aromatic carbocycles. The Bertz CT molecular complexity index is 752. The molecule has 3 rings (SSSR count). The van der Waals surface area contributed by atoms with E-state index in [1.807, 2.05) is 6.92 Å². The van der Waals surface area contributed by atoms with Gasteiger partial charge >= 0.3 is 5.69 Å². The number of H-pyrrole nitrogens is 1. The van der Waals surface area contributed by atoms with Crippen molar-refractivity contribution < 1.29 is 9.69 Å². The third kappa shape index (κ3) is 3.71. The molecule has 3 atom stereocenters. The maximum Gasteiger partial charge on any atom is 0.329 e. The van der Waals surface area contributed by atoms with Crippen LogP contribution in [-0.4, -0.2) is 35.0 Å². The van der Waals surface area contributed by atoms with Crippen molar-refractivity contribution in [3.8, 4) is 0 Å². The number of carbonyl (C=O) groups excluding carboxylic acids is 1. The topological polar surface area (TPSA) is 102 Å². The van der Waals surface area contributed by atoms with Gasteiger partial charge in [0, 0.05) is 12.5 Å². The lowest BCUT2D eigenvalue weighted by Gasteiger charge is -2.38. The number of carbonyl (C=O) groups is 1. The van der Waals surface area contributed by atoms with E-state index in [1.54, 1.807) is 0 Å². The molecule has 1 aromatic rings. The van der Waals surface area contributed by atoms with Crippen LogP contribution in [0.1, 0.15) is 55.8 Å². The second-order valence-electron chi connectivity index (χ2n) is 7.57. The van der Waals surface area contributed by atoms with Crippen molar-refractivity contribution in [3.63, 3.8) is 0 Å². The maximum absolute atomic E-state index is 12.7. The van der Waals surface area contributed by atoms with Crippen LogP contribution in [0.15, 0.2) is 9.59 Å². The van der Waals surface area contributed by atoms with E-state index in [-0.39, 0.29) is 23.7 Å². The molecule has 2 fully saturated rings. The largest absolute Gasteiger partial charge is 0.384 e. The van der Waals surface area contributed by atoms with Crippen LogP contribution in [0.2, 0.25) is 0 Å². The maximum atomic E-state index is 12.7. The summed E-state index contributed by atoms with van der Waals surface area (Å²) in [5, 5.41) is 0. The number of aromatic nitrogens is 2. The highest BCUT2D eigenvalue weighted by molar-refractivity contribution is 6.00. The molecule has 1 aliphatic carbocycles. The number of anilines is 1. The number of quaternary nitrogens is 1. The number of fused-ring (bicyclic) bond motifs is 1. The number of nitrogens with zero attached hydrogens (tertiary/aromatic N) is 1. The first-order valence-corrected chi connectivity index (χ1v) is 9.50. The Labute approximate surface area is 147 Å². The van der Waals surface area contributed by atoms with Crippen molar-refractivity contribution >= 4 is 11.6 Å². The van der Waals surface area contributed by atoms with E-state index in [4.69, 9.17) is 5.73 Å². The highest BCUT2D eigenvalue weighted by Gasteiger charge is 2.35. The van der Waals surface area contributed by atoms with Crippen molar-refractivity contribution in [2.75, 3.05) is 25.4 Å². The molecule has 1 aliphatic heterocycles. The van der Waals surface area contributed by atoms with Crippen LogP contribution >= 0.6 is 0 Å². The summed E-state index contributed by atoms with van der Waals surface area (Å²) in [5.41, 5.74) is 4.74. The van der Waals surface area contributed by atoms with Crippen LogP contribution in [0.5, 0.6) is 0 Å². The quantitative estimate of drug-likeness (QED) is 0.641. The van der Waals surface area contributed by atoms with Crippen LogP contribution in [-0.2, 0) is 6.54 Å². The van der Waals surface area contributed by atoms with Gasteiger partial charge in [0.05, 0.1) is 13.1 Å². The van der Waals surface area contributed by atoms with Crippen molar-refractivity contribution in [1.29, 1.82) is 0 Å². The molecule has 0 amide bonds. The van der Waals surface area contributed by atoms with E-state index < -0.39 is 11.2 Å². The lowest BCUT2D eigenvalue weighted by atomic mass is 9.75. The number of Topliss-reactive ketones (excluding diaryl/α,β-unsaturated/α-hetero) is 1. The van der Waals surface area contributed by atoms with Gasteiger partial charge in [-0.2, -0.15) is 0 Å². The standard InChI is InChI=1S/C18H28N4O3/c1-2-8-22-16(19)15(17(24)20-18(22)25)14(23)11-21-9-7-12-5-3-4-6-13(12)10-21/h12-13H,2-11,19H2,1H3,(H,20,24,25)/p+1/t12-,13+/m0/s1. The lowest BCUT2D eigenvalue weighted by Crippen LogP contribution is -3.14. The van der Waals surface area contributed by atoms with Gasteiger partial charge in [-0.3, -0.25) is 19.1 Å². The van der Waals surface area contributed by atoms with Gasteiger partial charge in [0.2, 0.25) is 5.78 Å². The number of nitrogen functional groups attached to an aromatic ring is 1. The summed E-state index contributed by atoms with van der Waals surface area (Å²) in [5.74, 6) is 1.27. The van der Waals surface area contributed by atoms with E-state index in [0.717, 1.165) is 25.4 Å². The van der Waals surface area contributed by atoms with Crippen LogP contribution in [0.4, 0.5) is 5.82 Å². The smallest absolute Gasteiger partial charge is 0.329 e. The fraction of sp³-hybridized carbons (Fsp3) is 0.722. The summed E-state index contributed by atoms with van der Waals surface area (Å²) in [6.45, 7) is 4.56. The number of aromatic amines is 1. The molecule has 138 valence electrons. The van der Waals surface area contributed by atoms with Crippen LogP contribution in [0.3, 0.4) is 0 Å². The first-order chi connectivity index (χ1) is 12.0. The van der Waals surface area contributed by atoms with Gasteiger partial charge in [-0.15, -0.1) is 0 Å². The van der Waals surface area contributed by atoms with E-state index in [2.05, 4.69) is 4.98 Å². The second kappa shape index (κ2) is 7.56. The van der Waals surface area contributed by atoms with E-state index >= 15 is 0 Å². The molecular formula is C18H29N4O3+. The van der Waals surface area contributed by atoms with Crippen LogP contribution in [0, 0.1) is 11.8 Å². The average Bonchev–Trinajstić information content (AvgIpc) is 2.58. The SMILES string of the molecule is CCCn1c(N)c(C(=O)C[NH+]2CC[C@@H]3CCCC[C@@H]3C2)c(=O)[nH]c1=O. The number of likely N-dealkylation sites (tertiary alicyclic amines) is 1.